The zero-order valence-corrected chi connectivity index (χ0v) is 6.82. The van der Waals surface area contributed by atoms with Crippen LogP contribution in [0, 0.1) is 0 Å². The van der Waals surface area contributed by atoms with Crippen molar-refractivity contribution in [3.05, 3.63) is 11.6 Å². The molecule has 1 heteroatoms. The summed E-state index contributed by atoms with van der Waals surface area (Å²) in [4.78, 5) is 0. The van der Waals surface area contributed by atoms with Crippen LogP contribution in [0.1, 0.15) is 32.1 Å². The SMILES string of the molecule is [Si]CC=C1CCCCC1. The monoisotopic (exact) mass is 137 g/mol. The van der Waals surface area contributed by atoms with Crippen molar-refractivity contribution in [3.63, 3.8) is 0 Å². The fourth-order valence-corrected chi connectivity index (χ4v) is 1.64. The number of hydrogen-bond acceptors (Lipinski definition) is 0. The highest BCUT2D eigenvalue weighted by molar-refractivity contribution is 6.09. The first-order chi connectivity index (χ1) is 4.43. The van der Waals surface area contributed by atoms with Crippen LogP contribution >= 0.6 is 0 Å². The molecule has 0 bridgehead atoms. The van der Waals surface area contributed by atoms with Crippen LogP contribution in [0.25, 0.3) is 0 Å². The van der Waals surface area contributed by atoms with E-state index < -0.39 is 0 Å². The van der Waals surface area contributed by atoms with E-state index >= 15 is 0 Å². The van der Waals surface area contributed by atoms with Crippen molar-refractivity contribution in [2.45, 2.75) is 38.1 Å². The second kappa shape index (κ2) is 3.88. The van der Waals surface area contributed by atoms with Crippen LogP contribution in [0.3, 0.4) is 0 Å². The Morgan fingerprint density at radius 3 is 2.44 bits per heavy atom. The fourth-order valence-electron chi connectivity index (χ4n) is 1.35. The normalized spacial score (nSPS) is 19.9. The van der Waals surface area contributed by atoms with Gasteiger partial charge in [0.2, 0.25) is 0 Å². The Morgan fingerprint density at radius 1 is 1.22 bits per heavy atom. The largest absolute Gasteiger partial charge is 0.0887 e. The van der Waals surface area contributed by atoms with Gasteiger partial charge in [-0.3, -0.25) is 0 Å². The quantitative estimate of drug-likeness (QED) is 0.385. The van der Waals surface area contributed by atoms with E-state index in [-0.39, 0.29) is 0 Å². The van der Waals surface area contributed by atoms with Gasteiger partial charge in [0.05, 0.1) is 0 Å². The first kappa shape index (κ1) is 7.07. The summed E-state index contributed by atoms with van der Waals surface area (Å²) in [6, 6.07) is 1.04. The third kappa shape index (κ3) is 2.35. The van der Waals surface area contributed by atoms with Gasteiger partial charge in [0, 0.05) is 10.2 Å². The molecule has 49 valence electrons. The van der Waals surface area contributed by atoms with Crippen molar-refractivity contribution in [1.82, 2.24) is 0 Å². The van der Waals surface area contributed by atoms with Crippen molar-refractivity contribution in [1.29, 1.82) is 0 Å². The third-order valence-electron chi connectivity index (χ3n) is 1.89. The fraction of sp³-hybridized carbons (Fsp3) is 0.750. The molecule has 0 nitrogen and oxygen atoms in total. The molecule has 1 aliphatic carbocycles. The summed E-state index contributed by atoms with van der Waals surface area (Å²) in [5.41, 5.74) is 1.66. The summed E-state index contributed by atoms with van der Waals surface area (Å²) in [7, 11) is 3.45. The number of hydrogen-bond donors (Lipinski definition) is 0. The van der Waals surface area contributed by atoms with Gasteiger partial charge in [-0.15, -0.1) is 0 Å². The lowest BCUT2D eigenvalue weighted by atomic mass is 9.95. The molecule has 3 radical (unpaired) electrons. The topological polar surface area (TPSA) is 0 Å². The average molecular weight is 137 g/mol. The maximum atomic E-state index is 3.45. The van der Waals surface area contributed by atoms with Gasteiger partial charge in [-0.1, -0.05) is 18.1 Å². The average Bonchev–Trinajstić information content (AvgIpc) is 1.91. The first-order valence-corrected chi connectivity index (χ1v) is 4.46. The van der Waals surface area contributed by atoms with Gasteiger partial charge in [0.15, 0.2) is 0 Å². The summed E-state index contributed by atoms with van der Waals surface area (Å²) in [6.45, 7) is 0. The van der Waals surface area contributed by atoms with E-state index in [1.165, 1.54) is 32.1 Å². The molecule has 1 aliphatic rings. The number of allylic oxidation sites excluding steroid dienone is 2. The van der Waals surface area contributed by atoms with E-state index in [2.05, 4.69) is 16.3 Å². The maximum Gasteiger partial charge on any atom is 0.0275 e. The minimum absolute atomic E-state index is 1.04. The van der Waals surface area contributed by atoms with Crippen LogP contribution in [0.5, 0.6) is 0 Å². The highest BCUT2D eigenvalue weighted by Crippen LogP contribution is 2.22. The molecular formula is C8H13Si. The van der Waals surface area contributed by atoms with Crippen molar-refractivity contribution < 1.29 is 0 Å². The van der Waals surface area contributed by atoms with Gasteiger partial charge >= 0.3 is 0 Å². The lowest BCUT2D eigenvalue weighted by Crippen LogP contribution is -1.92. The Labute approximate surface area is 60.8 Å². The zero-order valence-electron chi connectivity index (χ0n) is 5.82. The minimum atomic E-state index is 1.04. The van der Waals surface area contributed by atoms with E-state index in [4.69, 9.17) is 0 Å². The smallest absolute Gasteiger partial charge is 0.0275 e. The van der Waals surface area contributed by atoms with Crippen molar-refractivity contribution in [2.75, 3.05) is 0 Å². The van der Waals surface area contributed by atoms with Crippen LogP contribution in [-0.4, -0.2) is 10.2 Å². The molecule has 0 aromatic rings. The Balaban J connectivity index is 2.30. The molecule has 1 rings (SSSR count). The van der Waals surface area contributed by atoms with Gasteiger partial charge in [-0.05, 0) is 31.7 Å². The third-order valence-corrected chi connectivity index (χ3v) is 2.09. The highest BCUT2D eigenvalue weighted by Gasteiger charge is 2.02. The highest BCUT2D eigenvalue weighted by atomic mass is 28.1. The molecule has 1 fully saturated rings. The van der Waals surface area contributed by atoms with Gasteiger partial charge in [0.1, 0.15) is 0 Å². The molecule has 9 heavy (non-hydrogen) atoms. The molecule has 0 aromatic heterocycles. The summed E-state index contributed by atoms with van der Waals surface area (Å²) < 4.78 is 0. The van der Waals surface area contributed by atoms with Gasteiger partial charge in [-0.2, -0.15) is 0 Å². The van der Waals surface area contributed by atoms with Crippen LogP contribution in [0.15, 0.2) is 11.6 Å². The molecule has 0 unspecified atom stereocenters. The maximum absolute atomic E-state index is 3.45. The second-order valence-electron chi connectivity index (χ2n) is 2.63. The lowest BCUT2D eigenvalue weighted by molar-refractivity contribution is 0.598. The van der Waals surface area contributed by atoms with Gasteiger partial charge in [0.25, 0.3) is 0 Å². The second-order valence-corrected chi connectivity index (χ2v) is 3.04. The predicted octanol–water partition coefficient (Wildman–Crippen LogP) is 2.46. The van der Waals surface area contributed by atoms with E-state index in [0.717, 1.165) is 6.04 Å². The van der Waals surface area contributed by atoms with Crippen LogP contribution in [0.2, 0.25) is 6.04 Å². The van der Waals surface area contributed by atoms with Gasteiger partial charge < -0.3 is 0 Å². The standard InChI is InChI=1S/C8H13Si/c9-7-6-8-4-2-1-3-5-8/h6H,1-5,7H2. The molecule has 0 aromatic carbocycles. The molecule has 0 spiro atoms. The summed E-state index contributed by atoms with van der Waals surface area (Å²) in [5, 5.41) is 0. The first-order valence-electron chi connectivity index (χ1n) is 3.76. The molecule has 0 amide bonds. The molecular weight excluding hydrogens is 124 g/mol. The number of rotatable bonds is 1. The van der Waals surface area contributed by atoms with Crippen molar-refractivity contribution in [2.24, 2.45) is 0 Å². The van der Waals surface area contributed by atoms with Crippen LogP contribution in [-0.2, 0) is 0 Å². The van der Waals surface area contributed by atoms with Crippen LogP contribution in [0.4, 0.5) is 0 Å². The van der Waals surface area contributed by atoms with E-state index in [0.29, 0.717) is 0 Å². The molecule has 1 saturated carbocycles. The molecule has 0 heterocycles. The Kier molecular flexibility index (Phi) is 3.05. The van der Waals surface area contributed by atoms with Gasteiger partial charge in [-0.25, -0.2) is 0 Å². The Morgan fingerprint density at radius 2 is 1.89 bits per heavy atom. The summed E-state index contributed by atoms with van der Waals surface area (Å²) >= 11 is 0. The van der Waals surface area contributed by atoms with Crippen LogP contribution < -0.4 is 0 Å². The molecule has 0 saturated heterocycles. The zero-order chi connectivity index (χ0) is 6.53. The van der Waals surface area contributed by atoms with Crippen molar-refractivity contribution >= 4 is 10.2 Å². The molecule has 0 atom stereocenters. The van der Waals surface area contributed by atoms with Crippen molar-refractivity contribution in [3.8, 4) is 0 Å². The predicted molar refractivity (Wildman–Crippen MR) is 41.7 cm³/mol. The van der Waals surface area contributed by atoms with E-state index in [9.17, 15) is 0 Å². The molecule has 0 N–H and O–H groups in total. The summed E-state index contributed by atoms with van der Waals surface area (Å²) in [6.07, 6.45) is 9.29. The summed E-state index contributed by atoms with van der Waals surface area (Å²) in [5.74, 6) is 0. The van der Waals surface area contributed by atoms with E-state index in [1.807, 2.05) is 0 Å². The Bertz CT molecular complexity index is 97.1. The lowest BCUT2D eigenvalue weighted by Gasteiger charge is -2.12. The Hall–Kier alpha value is -0.0431. The minimum Gasteiger partial charge on any atom is -0.0887 e. The van der Waals surface area contributed by atoms with E-state index in [1.54, 1.807) is 5.57 Å². The molecule has 0 aliphatic heterocycles.